The Balaban J connectivity index is 0.000000229. The first-order chi connectivity index (χ1) is 23.0. The topological polar surface area (TPSA) is 161 Å². The summed E-state index contributed by atoms with van der Waals surface area (Å²) in [5.41, 5.74) is 11.6. The van der Waals surface area contributed by atoms with Gasteiger partial charge in [-0.05, 0) is 61.0 Å². The molecule has 15 heteroatoms. The molecule has 0 aliphatic heterocycles. The Morgan fingerprint density at radius 3 is 1.65 bits per heavy atom. The van der Waals surface area contributed by atoms with E-state index in [9.17, 15) is 0 Å². The minimum atomic E-state index is -0.175. The van der Waals surface area contributed by atoms with E-state index in [1.54, 1.807) is 14.2 Å². The van der Waals surface area contributed by atoms with Gasteiger partial charge in [0.15, 0.2) is 23.3 Å². The minimum absolute atomic E-state index is 0.175. The number of benzene rings is 2. The molecule has 0 unspecified atom stereocenters. The van der Waals surface area contributed by atoms with Gasteiger partial charge in [-0.2, -0.15) is 5.10 Å². The van der Waals surface area contributed by atoms with Crippen LogP contribution in [-0.4, -0.2) is 56.4 Å². The van der Waals surface area contributed by atoms with Crippen LogP contribution < -0.4 is 26.5 Å². The molecule has 0 bridgehead atoms. The second kappa shape index (κ2) is 15.5. The third kappa shape index (κ3) is 7.78. The molecule has 0 saturated heterocycles. The number of hydrogen-bond donors (Lipinski definition) is 3. The van der Waals surface area contributed by atoms with Gasteiger partial charge in [0.05, 0.1) is 33.1 Å². The number of nitrogens with one attached hydrogen (secondary N) is 1. The molecule has 48 heavy (non-hydrogen) atoms. The summed E-state index contributed by atoms with van der Waals surface area (Å²) < 4.78 is 11.9. The Bertz CT molecular complexity index is 1950. The van der Waals surface area contributed by atoms with Gasteiger partial charge in [-0.3, -0.25) is 5.84 Å². The van der Waals surface area contributed by atoms with Crippen molar-refractivity contribution in [2.24, 2.45) is 5.84 Å². The summed E-state index contributed by atoms with van der Waals surface area (Å²) in [5.74, 6) is 9.09. The number of aromatic nitrogens is 6. The number of ether oxygens (including phenoxy) is 2. The summed E-state index contributed by atoms with van der Waals surface area (Å²) in [7, 11) is 3.23. The first kappa shape index (κ1) is 35.5. The zero-order chi connectivity index (χ0) is 35.0. The van der Waals surface area contributed by atoms with Crippen LogP contribution in [0, 0.1) is 13.1 Å². The van der Waals surface area contributed by atoms with Crippen LogP contribution in [0.1, 0.15) is 26.5 Å². The maximum atomic E-state index is 7.64. The van der Waals surface area contributed by atoms with Gasteiger partial charge < -0.3 is 20.6 Å². The number of thioether (sulfide) groups is 2. The summed E-state index contributed by atoms with van der Waals surface area (Å²) in [6.07, 6.45) is 3.74. The van der Waals surface area contributed by atoms with E-state index in [4.69, 9.17) is 34.2 Å². The lowest BCUT2D eigenvalue weighted by Crippen LogP contribution is -2.13. The summed E-state index contributed by atoms with van der Waals surface area (Å²) in [4.78, 5) is 25.0. The average Bonchev–Trinajstić information content (AvgIpc) is 3.52. The lowest BCUT2D eigenvalue weighted by Gasteiger charge is -2.14. The summed E-state index contributed by atoms with van der Waals surface area (Å²) in [6, 6.07) is 16.7. The molecular weight excluding hydrogens is 647 g/mol. The molecule has 0 aliphatic rings. The maximum absolute atomic E-state index is 7.64. The van der Waals surface area contributed by atoms with Gasteiger partial charge in [-0.15, -0.1) is 23.5 Å². The van der Waals surface area contributed by atoms with E-state index in [-0.39, 0.29) is 5.41 Å². The van der Waals surface area contributed by atoms with Crippen LogP contribution in [0.15, 0.2) is 64.6 Å². The molecular formula is C33H35N11O2S2. The van der Waals surface area contributed by atoms with Crippen molar-refractivity contribution in [2.45, 2.75) is 36.2 Å². The van der Waals surface area contributed by atoms with Gasteiger partial charge in [0.25, 0.3) is 11.4 Å². The van der Waals surface area contributed by atoms with Crippen LogP contribution in [0.4, 0.5) is 23.0 Å². The highest BCUT2D eigenvalue weighted by Crippen LogP contribution is 2.36. The van der Waals surface area contributed by atoms with E-state index >= 15 is 0 Å². The van der Waals surface area contributed by atoms with Crippen molar-refractivity contribution in [1.82, 2.24) is 29.7 Å². The molecule has 0 saturated carbocycles. The van der Waals surface area contributed by atoms with Crippen molar-refractivity contribution >= 4 is 46.5 Å². The zero-order valence-corrected chi connectivity index (χ0v) is 29.2. The quantitative estimate of drug-likeness (QED) is 0.0497. The third-order valence-electron chi connectivity index (χ3n) is 6.84. The number of nitrogen functional groups attached to an aromatic ring is 2. The molecule has 5 aromatic rings. The van der Waals surface area contributed by atoms with Crippen LogP contribution in [0.25, 0.3) is 38.3 Å². The van der Waals surface area contributed by atoms with Crippen molar-refractivity contribution in [3.8, 4) is 40.1 Å². The Kier molecular flexibility index (Phi) is 11.5. The van der Waals surface area contributed by atoms with Gasteiger partial charge in [0, 0.05) is 22.6 Å². The fraction of sp³-hybridized carbons (Fsp3) is 0.242. The molecule has 3 aromatic heterocycles. The fourth-order valence-electron chi connectivity index (χ4n) is 4.26. The van der Waals surface area contributed by atoms with Crippen molar-refractivity contribution in [1.29, 1.82) is 0 Å². The molecule has 0 amide bonds. The molecule has 5 N–H and O–H groups in total. The van der Waals surface area contributed by atoms with E-state index in [0.717, 1.165) is 28.3 Å². The SMILES string of the molecule is [C-]#[N+]c1c(NN)nc(-c2ccc(OC)cc2)nc1SC.[C-]#[N+]c1c(SC)nc(-c2ccc(OC)cc2)nc1-n1nc(C(C)(C)C)cc1N. The van der Waals surface area contributed by atoms with Crippen LogP contribution in [0.3, 0.4) is 0 Å². The smallest absolute Gasteiger partial charge is 0.262 e. The van der Waals surface area contributed by atoms with Crippen molar-refractivity contribution < 1.29 is 9.47 Å². The zero-order valence-electron chi connectivity index (χ0n) is 27.6. The first-order valence-electron chi connectivity index (χ1n) is 14.3. The molecule has 2 aromatic carbocycles. The van der Waals surface area contributed by atoms with E-state index in [2.05, 4.69) is 60.9 Å². The summed E-state index contributed by atoms with van der Waals surface area (Å²) in [6.45, 7) is 21.0. The predicted octanol–water partition coefficient (Wildman–Crippen LogP) is 7.20. The molecule has 0 aliphatic carbocycles. The monoisotopic (exact) mass is 681 g/mol. The fourth-order valence-corrected chi connectivity index (χ4v) is 5.28. The molecule has 0 radical (unpaired) electrons. The Hall–Kier alpha value is -5.35. The van der Waals surface area contributed by atoms with Gasteiger partial charge in [-0.25, -0.2) is 34.3 Å². The highest BCUT2D eigenvalue weighted by atomic mass is 32.2. The minimum Gasteiger partial charge on any atom is -0.497 e. The highest BCUT2D eigenvalue weighted by Gasteiger charge is 2.24. The summed E-state index contributed by atoms with van der Waals surface area (Å²) >= 11 is 2.77. The van der Waals surface area contributed by atoms with E-state index in [1.165, 1.54) is 28.2 Å². The molecule has 13 nitrogen and oxygen atoms in total. The molecule has 0 fully saturated rings. The lowest BCUT2D eigenvalue weighted by molar-refractivity contribution is 0.414. The Morgan fingerprint density at radius 2 is 1.25 bits per heavy atom. The number of hydrazine groups is 1. The number of anilines is 2. The van der Waals surface area contributed by atoms with Gasteiger partial charge >= 0.3 is 0 Å². The standard InChI is InChI=1S/C20H22N6OS.C13H13N5OS/c1-20(2,3)14-11-15(21)26(25-14)18-16(22-4)19(28-6)24-17(23-18)12-7-9-13(27-5)10-8-12;1-15-10-12(18-14)16-11(17-13(10)20-3)8-4-6-9(19-2)7-5-8/h7-11H,21H2,1-3,5-6H3;4-7H,14H2,2-3H3,(H,16,17,18). The molecule has 5 rings (SSSR count). The van der Waals surface area contributed by atoms with E-state index in [1.807, 2.05) is 67.1 Å². The third-order valence-corrected chi connectivity index (χ3v) is 8.18. The van der Waals surface area contributed by atoms with Crippen LogP contribution in [0.5, 0.6) is 11.5 Å². The summed E-state index contributed by atoms with van der Waals surface area (Å²) in [5, 5.41) is 5.80. The molecule has 246 valence electrons. The van der Waals surface area contributed by atoms with Gasteiger partial charge in [0.1, 0.15) is 27.4 Å². The molecule has 3 heterocycles. The van der Waals surface area contributed by atoms with Gasteiger partial charge in [0.2, 0.25) is 0 Å². The second-order valence-electron chi connectivity index (χ2n) is 10.9. The van der Waals surface area contributed by atoms with Crippen molar-refractivity contribution in [2.75, 3.05) is 37.9 Å². The van der Waals surface area contributed by atoms with Crippen molar-refractivity contribution in [3.05, 3.63) is 83.1 Å². The normalized spacial score (nSPS) is 10.7. The largest absolute Gasteiger partial charge is 0.497 e. The lowest BCUT2D eigenvalue weighted by atomic mass is 9.92. The van der Waals surface area contributed by atoms with Crippen LogP contribution in [-0.2, 0) is 5.41 Å². The number of rotatable bonds is 8. The number of nitrogens with zero attached hydrogens (tertiary/aromatic N) is 8. The highest BCUT2D eigenvalue weighted by molar-refractivity contribution is 7.98. The van der Waals surface area contributed by atoms with E-state index in [0.29, 0.717) is 50.5 Å². The molecule has 0 atom stereocenters. The van der Waals surface area contributed by atoms with Gasteiger partial charge in [-0.1, -0.05) is 20.8 Å². The second-order valence-corrected chi connectivity index (χ2v) is 12.5. The van der Waals surface area contributed by atoms with Crippen molar-refractivity contribution in [3.63, 3.8) is 0 Å². The first-order valence-corrected chi connectivity index (χ1v) is 16.8. The predicted molar refractivity (Wildman–Crippen MR) is 192 cm³/mol. The van der Waals surface area contributed by atoms with Crippen LogP contribution >= 0.6 is 23.5 Å². The number of methoxy groups -OCH3 is 2. The van der Waals surface area contributed by atoms with Crippen LogP contribution in [0.2, 0.25) is 0 Å². The Morgan fingerprint density at radius 1 is 0.771 bits per heavy atom. The molecule has 0 spiro atoms. The number of nitrogens with two attached hydrogens (primary N) is 2. The average molecular weight is 682 g/mol. The Labute approximate surface area is 288 Å². The maximum Gasteiger partial charge on any atom is 0.262 e. The number of hydrogen-bond acceptors (Lipinski definition) is 12. The van der Waals surface area contributed by atoms with E-state index < -0.39 is 0 Å².